The van der Waals surface area contributed by atoms with Crippen LogP contribution in [0.4, 0.5) is 0 Å². The molecule has 0 aliphatic heterocycles. The molecule has 1 heterocycles. The molecule has 0 aliphatic rings. The molecule has 0 fully saturated rings. The molecule has 0 aliphatic carbocycles. The normalized spacial score (nSPS) is 12.7. The summed E-state index contributed by atoms with van der Waals surface area (Å²) in [5.74, 6) is 4.93. The van der Waals surface area contributed by atoms with Gasteiger partial charge >= 0.3 is 0 Å². The Bertz CT molecular complexity index is 451. The number of carbonyl (C=O) groups is 1. The van der Waals surface area contributed by atoms with Crippen molar-refractivity contribution >= 4 is 17.2 Å². The summed E-state index contributed by atoms with van der Waals surface area (Å²) in [6.07, 6.45) is 0. The second-order valence-electron chi connectivity index (χ2n) is 4.93. The van der Waals surface area contributed by atoms with E-state index in [4.69, 9.17) is 15.3 Å². The summed E-state index contributed by atoms with van der Waals surface area (Å²) < 4.78 is 10.4. The van der Waals surface area contributed by atoms with E-state index in [-0.39, 0.29) is 11.9 Å². The molecule has 1 atom stereocenters. The van der Waals surface area contributed by atoms with Gasteiger partial charge in [-0.3, -0.25) is 15.1 Å². The number of carbonyl (C=O) groups excluding carboxylic acids is 1. The Labute approximate surface area is 130 Å². The monoisotopic (exact) mass is 315 g/mol. The molecule has 1 rings (SSSR count). The van der Waals surface area contributed by atoms with E-state index in [0.717, 1.165) is 23.5 Å². The zero-order valence-corrected chi connectivity index (χ0v) is 14.0. The van der Waals surface area contributed by atoms with E-state index in [1.165, 1.54) is 11.3 Å². The topological polar surface area (TPSA) is 76.8 Å². The van der Waals surface area contributed by atoms with E-state index in [2.05, 4.69) is 17.2 Å². The predicted molar refractivity (Wildman–Crippen MR) is 84.3 cm³/mol. The number of methoxy groups -OCH3 is 2. The van der Waals surface area contributed by atoms with Crippen molar-refractivity contribution in [3.8, 4) is 0 Å². The summed E-state index contributed by atoms with van der Waals surface area (Å²) in [6.45, 7) is 7.02. The summed E-state index contributed by atoms with van der Waals surface area (Å²) in [5.41, 5.74) is 3.31. The number of nitrogens with one attached hydrogen (secondary N) is 1. The molecule has 1 unspecified atom stereocenters. The lowest BCUT2D eigenvalue weighted by molar-refractivity contribution is 0.0704. The minimum absolute atomic E-state index is 0.247. The van der Waals surface area contributed by atoms with Crippen LogP contribution >= 0.6 is 11.3 Å². The van der Waals surface area contributed by atoms with E-state index in [1.807, 2.05) is 13.0 Å². The van der Waals surface area contributed by atoms with Crippen LogP contribution < -0.4 is 11.3 Å². The number of aryl methyl sites for hydroxylation is 1. The first-order valence-electron chi connectivity index (χ1n) is 6.85. The van der Waals surface area contributed by atoms with Gasteiger partial charge in [-0.1, -0.05) is 0 Å². The van der Waals surface area contributed by atoms with Crippen molar-refractivity contribution in [1.82, 2.24) is 10.3 Å². The maximum absolute atomic E-state index is 11.6. The molecule has 0 radical (unpaired) electrons. The molecule has 120 valence electrons. The number of ether oxygens (including phenoxy) is 2. The van der Waals surface area contributed by atoms with Gasteiger partial charge in [-0.2, -0.15) is 0 Å². The second-order valence-corrected chi connectivity index (χ2v) is 6.19. The van der Waals surface area contributed by atoms with Gasteiger partial charge in [0.25, 0.3) is 5.91 Å². The molecular formula is C14H25N3O3S. The van der Waals surface area contributed by atoms with Gasteiger partial charge in [-0.05, 0) is 25.5 Å². The largest absolute Gasteiger partial charge is 0.383 e. The third-order valence-corrected chi connectivity index (χ3v) is 4.45. The molecule has 0 spiro atoms. The molecule has 21 heavy (non-hydrogen) atoms. The quantitative estimate of drug-likeness (QED) is 0.406. The fraction of sp³-hybridized carbons (Fsp3) is 0.643. The van der Waals surface area contributed by atoms with E-state index in [9.17, 15) is 4.79 Å². The number of hydrogen-bond donors (Lipinski definition) is 2. The van der Waals surface area contributed by atoms with Crippen molar-refractivity contribution in [3.05, 3.63) is 21.4 Å². The highest BCUT2D eigenvalue weighted by Crippen LogP contribution is 2.23. The SMILES string of the molecule is COCCN(Cc1cc(C(=O)NN)sc1C)C(C)COC. The van der Waals surface area contributed by atoms with Gasteiger partial charge in [0.05, 0.1) is 18.1 Å². The van der Waals surface area contributed by atoms with Gasteiger partial charge in [-0.25, -0.2) is 5.84 Å². The molecule has 1 aromatic heterocycles. The van der Waals surface area contributed by atoms with Crippen LogP contribution in [0.5, 0.6) is 0 Å². The third-order valence-electron chi connectivity index (χ3n) is 3.36. The van der Waals surface area contributed by atoms with Crippen molar-refractivity contribution in [1.29, 1.82) is 0 Å². The summed E-state index contributed by atoms with van der Waals surface area (Å²) >= 11 is 1.46. The zero-order chi connectivity index (χ0) is 15.8. The van der Waals surface area contributed by atoms with Crippen molar-refractivity contribution in [3.63, 3.8) is 0 Å². The average Bonchev–Trinajstić information content (AvgIpc) is 2.83. The Morgan fingerprint density at radius 3 is 2.76 bits per heavy atom. The molecule has 0 saturated heterocycles. The highest BCUT2D eigenvalue weighted by molar-refractivity contribution is 7.14. The van der Waals surface area contributed by atoms with Gasteiger partial charge in [-0.15, -0.1) is 11.3 Å². The van der Waals surface area contributed by atoms with Gasteiger partial charge in [0, 0.05) is 38.2 Å². The number of amides is 1. The molecule has 1 aromatic rings. The highest BCUT2D eigenvalue weighted by atomic mass is 32.1. The lowest BCUT2D eigenvalue weighted by atomic mass is 10.2. The fourth-order valence-electron chi connectivity index (χ4n) is 2.09. The summed E-state index contributed by atoms with van der Waals surface area (Å²) in [6, 6.07) is 2.18. The van der Waals surface area contributed by atoms with Gasteiger partial charge in [0.1, 0.15) is 0 Å². The number of nitrogens with zero attached hydrogens (tertiary/aromatic N) is 1. The van der Waals surface area contributed by atoms with Crippen LogP contribution in [-0.4, -0.2) is 50.8 Å². The van der Waals surface area contributed by atoms with Gasteiger partial charge in [0.15, 0.2) is 0 Å². The molecule has 0 bridgehead atoms. The van der Waals surface area contributed by atoms with E-state index in [1.54, 1.807) is 14.2 Å². The molecule has 1 amide bonds. The lowest BCUT2D eigenvalue weighted by Crippen LogP contribution is -2.38. The van der Waals surface area contributed by atoms with Crippen LogP contribution in [0.3, 0.4) is 0 Å². The van der Waals surface area contributed by atoms with E-state index >= 15 is 0 Å². The standard InChI is InChI=1S/C14H25N3O3S/c1-10(9-20-4)17(5-6-19-3)8-12-7-13(14(18)16-15)21-11(12)2/h7,10H,5-6,8-9,15H2,1-4H3,(H,16,18). The predicted octanol–water partition coefficient (Wildman–Crippen LogP) is 1.14. The molecule has 0 saturated carbocycles. The van der Waals surface area contributed by atoms with Crippen molar-refractivity contribution < 1.29 is 14.3 Å². The first-order chi connectivity index (χ1) is 10.0. The van der Waals surface area contributed by atoms with E-state index < -0.39 is 0 Å². The Kier molecular flexibility index (Phi) is 7.84. The first-order valence-corrected chi connectivity index (χ1v) is 7.67. The van der Waals surface area contributed by atoms with Crippen LogP contribution in [0.2, 0.25) is 0 Å². The number of rotatable bonds is 9. The Morgan fingerprint density at radius 2 is 2.19 bits per heavy atom. The number of nitrogen functional groups attached to an aromatic ring is 1. The van der Waals surface area contributed by atoms with Crippen LogP contribution in [0.25, 0.3) is 0 Å². The third kappa shape index (κ3) is 5.37. The molecule has 7 heteroatoms. The average molecular weight is 315 g/mol. The Balaban J connectivity index is 2.82. The Hall–Kier alpha value is -0.990. The van der Waals surface area contributed by atoms with Crippen LogP contribution in [0, 0.1) is 6.92 Å². The second kappa shape index (κ2) is 9.11. The van der Waals surface area contributed by atoms with Gasteiger partial charge < -0.3 is 9.47 Å². The molecule has 0 aromatic carbocycles. The number of hydrazine groups is 1. The number of hydrogen-bond acceptors (Lipinski definition) is 6. The maximum Gasteiger partial charge on any atom is 0.275 e. The lowest BCUT2D eigenvalue weighted by Gasteiger charge is -2.28. The smallest absolute Gasteiger partial charge is 0.275 e. The minimum Gasteiger partial charge on any atom is -0.383 e. The number of thiophene rings is 1. The van der Waals surface area contributed by atoms with Crippen molar-refractivity contribution in [2.75, 3.05) is 34.0 Å². The number of nitrogens with two attached hydrogens (primary N) is 1. The van der Waals surface area contributed by atoms with Crippen molar-refractivity contribution in [2.24, 2.45) is 5.84 Å². The molecule has 3 N–H and O–H groups in total. The van der Waals surface area contributed by atoms with E-state index in [0.29, 0.717) is 18.1 Å². The fourth-order valence-corrected chi connectivity index (χ4v) is 3.03. The van der Waals surface area contributed by atoms with Crippen LogP contribution in [-0.2, 0) is 16.0 Å². The highest BCUT2D eigenvalue weighted by Gasteiger charge is 2.18. The summed E-state index contributed by atoms with van der Waals surface area (Å²) in [5, 5.41) is 0. The van der Waals surface area contributed by atoms with Gasteiger partial charge in [0.2, 0.25) is 0 Å². The maximum atomic E-state index is 11.6. The van der Waals surface area contributed by atoms with Crippen molar-refractivity contribution in [2.45, 2.75) is 26.4 Å². The Morgan fingerprint density at radius 1 is 1.48 bits per heavy atom. The summed E-state index contributed by atoms with van der Waals surface area (Å²) in [7, 11) is 3.39. The zero-order valence-electron chi connectivity index (χ0n) is 13.1. The first kappa shape index (κ1) is 18.1. The summed E-state index contributed by atoms with van der Waals surface area (Å²) in [4.78, 5) is 15.6. The minimum atomic E-state index is -0.247. The molecule has 6 nitrogen and oxygen atoms in total. The molecular weight excluding hydrogens is 290 g/mol. The van der Waals surface area contributed by atoms with Crippen LogP contribution in [0.1, 0.15) is 27.0 Å². The van der Waals surface area contributed by atoms with Crippen LogP contribution in [0.15, 0.2) is 6.07 Å².